The minimum Gasteiger partial charge on any atom is -0.339 e. The minimum atomic E-state index is -0.717. The average Bonchev–Trinajstić information content (AvgIpc) is 2.84. The van der Waals surface area contributed by atoms with Crippen LogP contribution in [0.15, 0.2) is 6.20 Å². The highest BCUT2D eigenvalue weighted by Gasteiger charge is 2.33. The largest absolute Gasteiger partial charge is 0.339 e. The Balaban J connectivity index is 0.00000242. The smallest absolute Gasteiger partial charge is 0.242 e. The average molecular weight is 347 g/mol. The number of piperazine rings is 1. The quantitative estimate of drug-likeness (QED) is 0.886. The van der Waals surface area contributed by atoms with Crippen LogP contribution >= 0.6 is 23.7 Å². The topological polar surface area (TPSA) is 62.5 Å². The van der Waals surface area contributed by atoms with Crippen LogP contribution in [0.3, 0.4) is 0 Å². The van der Waals surface area contributed by atoms with E-state index in [1.54, 1.807) is 11.3 Å². The summed E-state index contributed by atoms with van der Waals surface area (Å²) < 4.78 is 0. The normalized spacial score (nSPS) is 18.6. The van der Waals surface area contributed by atoms with Gasteiger partial charge in [-0.05, 0) is 20.3 Å². The van der Waals surface area contributed by atoms with Gasteiger partial charge in [-0.3, -0.25) is 9.69 Å². The van der Waals surface area contributed by atoms with Gasteiger partial charge in [0.15, 0.2) is 0 Å². The van der Waals surface area contributed by atoms with Crippen molar-refractivity contribution >= 4 is 29.7 Å². The lowest BCUT2D eigenvalue weighted by Crippen LogP contribution is -2.58. The van der Waals surface area contributed by atoms with Gasteiger partial charge in [0, 0.05) is 43.8 Å². The fraction of sp³-hybridized carbons (Fsp3) is 0.733. The first kappa shape index (κ1) is 19.4. The maximum Gasteiger partial charge on any atom is 0.242 e. The molecule has 0 aliphatic carbocycles. The highest BCUT2D eigenvalue weighted by atomic mass is 35.5. The SMILES string of the molecule is CCCC(C)(N)C(=O)N1CCN(Cc2cnc(C)s2)CC1.Cl. The zero-order valence-corrected chi connectivity index (χ0v) is 15.3. The molecule has 7 heteroatoms. The van der Waals surface area contributed by atoms with Crippen molar-refractivity contribution in [3.63, 3.8) is 0 Å². The van der Waals surface area contributed by atoms with E-state index in [1.807, 2.05) is 24.9 Å². The van der Waals surface area contributed by atoms with Gasteiger partial charge in [0.05, 0.1) is 10.5 Å². The van der Waals surface area contributed by atoms with Crippen molar-refractivity contribution in [3.05, 3.63) is 16.1 Å². The van der Waals surface area contributed by atoms with Crippen molar-refractivity contribution in [2.75, 3.05) is 26.2 Å². The molecule has 1 aromatic rings. The zero-order chi connectivity index (χ0) is 15.5. The molecule has 0 bridgehead atoms. The fourth-order valence-electron chi connectivity index (χ4n) is 2.80. The predicted octanol–water partition coefficient (Wildman–Crippen LogP) is 2.04. The third-order valence-electron chi connectivity index (χ3n) is 3.97. The standard InChI is InChI=1S/C15H26N4OS.ClH/c1-4-5-15(3,16)14(20)19-8-6-18(7-9-19)11-13-10-17-12(2)21-13;/h10H,4-9,11,16H2,1-3H3;1H. The lowest BCUT2D eigenvalue weighted by atomic mass is 9.95. The van der Waals surface area contributed by atoms with Gasteiger partial charge in [-0.15, -0.1) is 23.7 Å². The second-order valence-corrected chi connectivity index (χ2v) is 7.40. The van der Waals surface area contributed by atoms with E-state index in [-0.39, 0.29) is 18.3 Å². The van der Waals surface area contributed by atoms with Crippen LogP contribution in [0.4, 0.5) is 0 Å². The Hall–Kier alpha value is -0.690. The van der Waals surface area contributed by atoms with Gasteiger partial charge in [0.2, 0.25) is 5.91 Å². The molecule has 0 saturated carbocycles. The van der Waals surface area contributed by atoms with Crippen LogP contribution < -0.4 is 5.73 Å². The van der Waals surface area contributed by atoms with E-state index in [2.05, 4.69) is 16.8 Å². The monoisotopic (exact) mass is 346 g/mol. The van der Waals surface area contributed by atoms with Gasteiger partial charge in [-0.1, -0.05) is 13.3 Å². The molecule has 1 aromatic heterocycles. The highest BCUT2D eigenvalue weighted by Crippen LogP contribution is 2.18. The molecule has 1 unspecified atom stereocenters. The van der Waals surface area contributed by atoms with E-state index >= 15 is 0 Å². The second-order valence-electron chi connectivity index (χ2n) is 6.08. The molecule has 5 nitrogen and oxygen atoms in total. The van der Waals surface area contributed by atoms with Crippen LogP contribution in [0.2, 0.25) is 0 Å². The highest BCUT2D eigenvalue weighted by molar-refractivity contribution is 7.11. The van der Waals surface area contributed by atoms with E-state index in [0.29, 0.717) is 0 Å². The molecule has 2 rings (SSSR count). The lowest BCUT2D eigenvalue weighted by molar-refractivity contribution is -0.138. The molecule has 22 heavy (non-hydrogen) atoms. The number of thiazole rings is 1. The summed E-state index contributed by atoms with van der Waals surface area (Å²) in [5.74, 6) is 0.0950. The van der Waals surface area contributed by atoms with Crippen LogP contribution in [0.5, 0.6) is 0 Å². The molecule has 0 spiro atoms. The van der Waals surface area contributed by atoms with Gasteiger partial charge in [0.1, 0.15) is 0 Å². The number of carbonyl (C=O) groups is 1. The molecule has 1 amide bonds. The number of halogens is 1. The molecular formula is C15H27ClN4OS. The number of hydrogen-bond donors (Lipinski definition) is 1. The molecular weight excluding hydrogens is 320 g/mol. The van der Waals surface area contributed by atoms with Crippen LogP contribution in [-0.2, 0) is 11.3 Å². The Morgan fingerprint density at radius 3 is 2.55 bits per heavy atom. The molecule has 1 fully saturated rings. The maximum atomic E-state index is 12.5. The molecule has 0 aromatic carbocycles. The molecule has 126 valence electrons. The summed E-state index contributed by atoms with van der Waals surface area (Å²) >= 11 is 1.75. The van der Waals surface area contributed by atoms with Crippen molar-refractivity contribution in [1.29, 1.82) is 0 Å². The van der Waals surface area contributed by atoms with E-state index < -0.39 is 5.54 Å². The molecule has 1 atom stereocenters. The van der Waals surface area contributed by atoms with Gasteiger partial charge in [0.25, 0.3) is 0 Å². The van der Waals surface area contributed by atoms with E-state index in [9.17, 15) is 4.79 Å². The summed E-state index contributed by atoms with van der Waals surface area (Å²) in [6.45, 7) is 10.2. The summed E-state index contributed by atoms with van der Waals surface area (Å²) in [5, 5.41) is 1.11. The maximum absolute atomic E-state index is 12.5. The van der Waals surface area contributed by atoms with Gasteiger partial charge in [-0.25, -0.2) is 4.98 Å². The first-order valence-corrected chi connectivity index (χ1v) is 8.46. The first-order valence-electron chi connectivity index (χ1n) is 7.64. The lowest BCUT2D eigenvalue weighted by Gasteiger charge is -2.38. The first-order chi connectivity index (χ1) is 9.92. The van der Waals surface area contributed by atoms with Crippen LogP contribution in [0, 0.1) is 6.92 Å². The molecule has 2 N–H and O–H groups in total. The number of aromatic nitrogens is 1. The molecule has 1 aliphatic heterocycles. The van der Waals surface area contributed by atoms with Crippen molar-refractivity contribution in [2.45, 2.75) is 45.7 Å². The Kier molecular flexibility index (Phi) is 7.25. The minimum absolute atomic E-state index is 0. The fourth-order valence-corrected chi connectivity index (χ4v) is 3.63. The van der Waals surface area contributed by atoms with Gasteiger partial charge >= 0.3 is 0 Å². The number of hydrogen-bond acceptors (Lipinski definition) is 5. The number of amides is 1. The third kappa shape index (κ3) is 4.91. The number of nitrogens with zero attached hydrogens (tertiary/aromatic N) is 3. The third-order valence-corrected chi connectivity index (χ3v) is 4.86. The Bertz CT molecular complexity index is 484. The van der Waals surface area contributed by atoms with E-state index in [4.69, 9.17) is 5.73 Å². The Morgan fingerprint density at radius 2 is 2.05 bits per heavy atom. The Labute approximate surface area is 143 Å². The summed E-state index contributed by atoms with van der Waals surface area (Å²) in [5.41, 5.74) is 5.43. The van der Waals surface area contributed by atoms with Crippen LogP contribution in [0.25, 0.3) is 0 Å². The number of nitrogens with two attached hydrogens (primary N) is 1. The summed E-state index contributed by atoms with van der Waals surface area (Å²) in [4.78, 5) is 22.3. The van der Waals surface area contributed by atoms with Crippen molar-refractivity contribution < 1.29 is 4.79 Å². The van der Waals surface area contributed by atoms with Crippen molar-refractivity contribution in [3.8, 4) is 0 Å². The number of aryl methyl sites for hydroxylation is 1. The Morgan fingerprint density at radius 1 is 1.41 bits per heavy atom. The zero-order valence-electron chi connectivity index (χ0n) is 13.7. The summed E-state index contributed by atoms with van der Waals surface area (Å²) in [6.07, 6.45) is 3.63. The molecule has 2 heterocycles. The molecule has 1 saturated heterocycles. The number of carbonyl (C=O) groups excluding carboxylic acids is 1. The molecule has 1 aliphatic rings. The van der Waals surface area contributed by atoms with E-state index in [0.717, 1.165) is 50.6 Å². The number of rotatable bonds is 5. The van der Waals surface area contributed by atoms with Crippen LogP contribution in [-0.4, -0.2) is 52.4 Å². The summed E-state index contributed by atoms with van der Waals surface area (Å²) in [6, 6.07) is 0. The molecule has 0 radical (unpaired) electrons. The van der Waals surface area contributed by atoms with Gasteiger partial charge < -0.3 is 10.6 Å². The van der Waals surface area contributed by atoms with Gasteiger partial charge in [-0.2, -0.15) is 0 Å². The van der Waals surface area contributed by atoms with Crippen LogP contribution in [0.1, 0.15) is 36.6 Å². The predicted molar refractivity (Wildman–Crippen MR) is 93.5 cm³/mol. The second kappa shape index (κ2) is 8.24. The van der Waals surface area contributed by atoms with Crippen molar-refractivity contribution in [2.24, 2.45) is 5.73 Å². The van der Waals surface area contributed by atoms with E-state index in [1.165, 1.54) is 4.88 Å². The summed E-state index contributed by atoms with van der Waals surface area (Å²) in [7, 11) is 0. The van der Waals surface area contributed by atoms with Crippen molar-refractivity contribution in [1.82, 2.24) is 14.8 Å².